The third kappa shape index (κ3) is 5.95. The van der Waals surface area contributed by atoms with Gasteiger partial charge in [0.2, 0.25) is 0 Å². The van der Waals surface area contributed by atoms with Crippen molar-refractivity contribution in [3.63, 3.8) is 0 Å². The van der Waals surface area contributed by atoms with Crippen molar-refractivity contribution in [2.24, 2.45) is 0 Å². The minimum atomic E-state index is 0.841. The lowest BCUT2D eigenvalue weighted by atomic mass is 10.1. The number of ether oxygens (including phenoxy) is 1. The summed E-state index contributed by atoms with van der Waals surface area (Å²) in [6.07, 6.45) is 7.85. The molecule has 0 aliphatic carbocycles. The Bertz CT molecular complexity index is 305. The van der Waals surface area contributed by atoms with E-state index in [1.54, 1.807) is 0 Å². The molecule has 102 valence electrons. The van der Waals surface area contributed by atoms with Gasteiger partial charge in [0.1, 0.15) is 5.75 Å². The van der Waals surface area contributed by atoms with Gasteiger partial charge in [-0.2, -0.15) is 0 Å². The summed E-state index contributed by atoms with van der Waals surface area (Å²) in [6.45, 7) is 3.09. The van der Waals surface area contributed by atoms with Gasteiger partial charge < -0.3 is 9.64 Å². The Morgan fingerprint density at radius 1 is 0.889 bits per heavy atom. The van der Waals surface area contributed by atoms with E-state index in [1.807, 2.05) is 26.2 Å². The van der Waals surface area contributed by atoms with Crippen LogP contribution in [0.15, 0.2) is 24.3 Å². The molecular formula is C16H27NO. The van der Waals surface area contributed by atoms with Gasteiger partial charge in [0.15, 0.2) is 0 Å². The molecule has 0 unspecified atom stereocenters. The van der Waals surface area contributed by atoms with E-state index in [2.05, 4.69) is 24.0 Å². The molecule has 1 rings (SSSR count). The summed E-state index contributed by atoms with van der Waals surface area (Å²) in [5.74, 6) is 0.981. The zero-order chi connectivity index (χ0) is 13.2. The number of nitrogens with zero attached hydrogens (tertiary/aromatic N) is 1. The highest BCUT2D eigenvalue weighted by Crippen LogP contribution is 2.17. The predicted molar refractivity (Wildman–Crippen MR) is 79.6 cm³/mol. The van der Waals surface area contributed by atoms with Crippen molar-refractivity contribution in [3.05, 3.63) is 24.3 Å². The minimum absolute atomic E-state index is 0.841. The third-order valence-electron chi connectivity index (χ3n) is 3.12. The molecule has 0 aliphatic rings. The minimum Gasteiger partial charge on any atom is -0.494 e. The van der Waals surface area contributed by atoms with Gasteiger partial charge in [-0.3, -0.25) is 0 Å². The van der Waals surface area contributed by atoms with Crippen LogP contribution in [0, 0.1) is 0 Å². The zero-order valence-corrected chi connectivity index (χ0v) is 12.1. The molecule has 2 nitrogen and oxygen atoms in total. The lowest BCUT2D eigenvalue weighted by Gasteiger charge is -2.13. The van der Waals surface area contributed by atoms with Crippen LogP contribution >= 0.6 is 0 Å². The van der Waals surface area contributed by atoms with Crippen LogP contribution in [0.4, 0.5) is 5.69 Å². The molecule has 0 spiro atoms. The van der Waals surface area contributed by atoms with E-state index in [4.69, 9.17) is 4.74 Å². The fraction of sp³-hybridized carbons (Fsp3) is 0.625. The zero-order valence-electron chi connectivity index (χ0n) is 12.1. The van der Waals surface area contributed by atoms with Crippen molar-refractivity contribution in [2.45, 2.75) is 45.4 Å². The Hall–Kier alpha value is -1.18. The Morgan fingerprint density at radius 2 is 1.50 bits per heavy atom. The Balaban J connectivity index is 2.12. The second-order valence-corrected chi connectivity index (χ2v) is 5.00. The van der Waals surface area contributed by atoms with E-state index >= 15 is 0 Å². The molecule has 0 heterocycles. The summed E-state index contributed by atoms with van der Waals surface area (Å²) in [5, 5.41) is 0. The molecule has 0 aliphatic heterocycles. The molecule has 0 fully saturated rings. The van der Waals surface area contributed by atoms with Crippen LogP contribution in [0.1, 0.15) is 45.4 Å². The molecule has 0 N–H and O–H groups in total. The number of hydrogen-bond acceptors (Lipinski definition) is 2. The van der Waals surface area contributed by atoms with Crippen LogP contribution in [0.5, 0.6) is 5.75 Å². The normalized spacial score (nSPS) is 10.4. The highest BCUT2D eigenvalue weighted by atomic mass is 16.5. The first-order valence-corrected chi connectivity index (χ1v) is 7.14. The number of rotatable bonds is 9. The van der Waals surface area contributed by atoms with E-state index in [0.717, 1.165) is 12.4 Å². The fourth-order valence-corrected chi connectivity index (χ4v) is 1.91. The monoisotopic (exact) mass is 249 g/mol. The second-order valence-electron chi connectivity index (χ2n) is 5.00. The predicted octanol–water partition coefficient (Wildman–Crippen LogP) is 4.49. The van der Waals surface area contributed by atoms with Crippen molar-refractivity contribution in [1.82, 2.24) is 0 Å². The lowest BCUT2D eigenvalue weighted by molar-refractivity contribution is 0.304. The average molecular weight is 249 g/mol. The first-order chi connectivity index (χ1) is 8.74. The largest absolute Gasteiger partial charge is 0.494 e. The van der Waals surface area contributed by atoms with Crippen LogP contribution in [-0.2, 0) is 0 Å². The van der Waals surface area contributed by atoms with Crippen molar-refractivity contribution >= 4 is 5.69 Å². The molecule has 18 heavy (non-hydrogen) atoms. The molecule has 0 atom stereocenters. The average Bonchev–Trinajstić information content (AvgIpc) is 2.38. The van der Waals surface area contributed by atoms with E-state index in [1.165, 1.54) is 44.2 Å². The molecule has 0 saturated heterocycles. The SMILES string of the molecule is CCCCCCCCOc1ccc(N(C)C)cc1. The molecule has 0 saturated carbocycles. The van der Waals surface area contributed by atoms with Gasteiger partial charge in [-0.15, -0.1) is 0 Å². The van der Waals surface area contributed by atoms with Gasteiger partial charge in [0.05, 0.1) is 6.61 Å². The first-order valence-electron chi connectivity index (χ1n) is 7.14. The van der Waals surface area contributed by atoms with Gasteiger partial charge in [0.25, 0.3) is 0 Å². The topological polar surface area (TPSA) is 12.5 Å². The maximum Gasteiger partial charge on any atom is 0.119 e. The van der Waals surface area contributed by atoms with E-state index in [-0.39, 0.29) is 0 Å². The summed E-state index contributed by atoms with van der Waals surface area (Å²) >= 11 is 0. The van der Waals surface area contributed by atoms with Gasteiger partial charge >= 0.3 is 0 Å². The number of anilines is 1. The fourth-order valence-electron chi connectivity index (χ4n) is 1.91. The first kappa shape index (κ1) is 14.9. The maximum absolute atomic E-state index is 5.73. The standard InChI is InChI=1S/C16H27NO/c1-4-5-6-7-8-9-14-18-16-12-10-15(11-13-16)17(2)3/h10-13H,4-9,14H2,1-3H3. The van der Waals surface area contributed by atoms with Crippen molar-refractivity contribution in [3.8, 4) is 5.75 Å². The second kappa shape index (κ2) is 8.84. The third-order valence-corrected chi connectivity index (χ3v) is 3.12. The summed E-state index contributed by atoms with van der Waals surface area (Å²) in [7, 11) is 4.10. The van der Waals surface area contributed by atoms with Crippen LogP contribution < -0.4 is 9.64 Å². The lowest BCUT2D eigenvalue weighted by Crippen LogP contribution is -2.08. The number of unbranched alkanes of at least 4 members (excludes halogenated alkanes) is 5. The molecule has 0 aromatic heterocycles. The summed E-state index contributed by atoms with van der Waals surface area (Å²) < 4.78 is 5.73. The van der Waals surface area contributed by atoms with Crippen LogP contribution in [0.25, 0.3) is 0 Å². The van der Waals surface area contributed by atoms with Gasteiger partial charge in [-0.25, -0.2) is 0 Å². The molecule has 2 heteroatoms. The molecular weight excluding hydrogens is 222 g/mol. The summed E-state index contributed by atoms with van der Waals surface area (Å²) in [4.78, 5) is 2.09. The highest BCUT2D eigenvalue weighted by Gasteiger charge is 1.97. The Labute approximate surface area is 112 Å². The van der Waals surface area contributed by atoms with E-state index < -0.39 is 0 Å². The quantitative estimate of drug-likeness (QED) is 0.598. The van der Waals surface area contributed by atoms with Crippen LogP contribution in [-0.4, -0.2) is 20.7 Å². The Kier molecular flexibility index (Phi) is 7.31. The molecule has 0 radical (unpaired) electrons. The summed E-state index contributed by atoms with van der Waals surface area (Å²) in [5.41, 5.74) is 1.21. The number of hydrogen-bond donors (Lipinski definition) is 0. The van der Waals surface area contributed by atoms with Gasteiger partial charge in [0, 0.05) is 19.8 Å². The van der Waals surface area contributed by atoms with Crippen LogP contribution in [0.3, 0.4) is 0 Å². The van der Waals surface area contributed by atoms with Crippen LogP contribution in [0.2, 0.25) is 0 Å². The van der Waals surface area contributed by atoms with Crippen molar-refractivity contribution < 1.29 is 4.74 Å². The van der Waals surface area contributed by atoms with Gasteiger partial charge in [-0.1, -0.05) is 39.0 Å². The Morgan fingerprint density at radius 3 is 2.11 bits per heavy atom. The van der Waals surface area contributed by atoms with E-state index in [0.29, 0.717) is 0 Å². The molecule has 1 aromatic carbocycles. The smallest absolute Gasteiger partial charge is 0.119 e. The molecule has 1 aromatic rings. The number of benzene rings is 1. The molecule has 0 amide bonds. The summed E-state index contributed by atoms with van der Waals surface area (Å²) in [6, 6.07) is 8.28. The van der Waals surface area contributed by atoms with E-state index in [9.17, 15) is 0 Å². The maximum atomic E-state index is 5.73. The molecule has 0 bridgehead atoms. The highest BCUT2D eigenvalue weighted by molar-refractivity contribution is 5.47. The van der Waals surface area contributed by atoms with Crippen molar-refractivity contribution in [1.29, 1.82) is 0 Å². The van der Waals surface area contributed by atoms with Crippen molar-refractivity contribution in [2.75, 3.05) is 25.6 Å². The van der Waals surface area contributed by atoms with Gasteiger partial charge in [-0.05, 0) is 30.7 Å².